The summed E-state index contributed by atoms with van der Waals surface area (Å²) < 4.78 is 14.7. The molecule has 0 N–H and O–H groups in total. The first-order valence-electron chi connectivity index (χ1n) is 10.2. The summed E-state index contributed by atoms with van der Waals surface area (Å²) in [6.45, 7) is 11.8. The molecular weight excluding hydrogens is 371 g/mol. The molecule has 0 bridgehead atoms. The van der Waals surface area contributed by atoms with E-state index in [-0.39, 0.29) is 5.83 Å². The maximum Gasteiger partial charge on any atom is 0.149 e. The SMILES string of the molecule is C\C=C/C(=C\C=C(/C)N(C)C)c1ccc(C(/N=C(\C)C=C(C)C)=C(F)/C=C/C)cc1. The third kappa shape index (κ3) is 8.20. The second-order valence-electron chi connectivity index (χ2n) is 7.57. The standard InChI is InChI=1S/C27H35FN2/c1-9-11-23(14-13-22(6)30(7)8)24-15-17-25(18-16-24)27(26(28)12-10-2)29-21(5)19-20(3)4/h9-19H,1-8H3/b11-9-,12-10+,22-13+,23-14+,27-26+,29-21+. The van der Waals surface area contributed by atoms with Gasteiger partial charge in [-0.1, -0.05) is 54.1 Å². The zero-order chi connectivity index (χ0) is 22.7. The predicted molar refractivity (Wildman–Crippen MR) is 132 cm³/mol. The van der Waals surface area contributed by atoms with Gasteiger partial charge < -0.3 is 4.90 Å². The quantitative estimate of drug-likeness (QED) is 0.318. The Kier molecular flexibility index (Phi) is 10.5. The lowest BCUT2D eigenvalue weighted by molar-refractivity contribution is 0.514. The number of hydrogen-bond donors (Lipinski definition) is 0. The second-order valence-corrected chi connectivity index (χ2v) is 7.57. The van der Waals surface area contributed by atoms with E-state index < -0.39 is 0 Å². The molecule has 160 valence electrons. The molecule has 0 spiro atoms. The van der Waals surface area contributed by atoms with Crippen LogP contribution in [0.5, 0.6) is 0 Å². The monoisotopic (exact) mass is 406 g/mol. The first-order valence-corrected chi connectivity index (χ1v) is 10.2. The lowest BCUT2D eigenvalue weighted by Crippen LogP contribution is -2.07. The van der Waals surface area contributed by atoms with Gasteiger partial charge in [0.2, 0.25) is 0 Å². The summed E-state index contributed by atoms with van der Waals surface area (Å²) in [5.74, 6) is -0.347. The molecule has 0 aromatic heterocycles. The Hall–Kier alpha value is -2.94. The fraction of sp³-hybridized carbons (Fsp3) is 0.296. The van der Waals surface area contributed by atoms with Gasteiger partial charge >= 0.3 is 0 Å². The Labute approximate surface area is 182 Å². The molecule has 1 rings (SSSR count). The average Bonchev–Trinajstić information content (AvgIpc) is 2.68. The average molecular weight is 407 g/mol. The molecule has 1 aromatic rings. The number of benzene rings is 1. The van der Waals surface area contributed by atoms with Crippen LogP contribution in [0.4, 0.5) is 4.39 Å². The highest BCUT2D eigenvalue weighted by molar-refractivity contribution is 5.97. The normalized spacial score (nSPS) is 14.4. The Bertz CT molecular complexity index is 914. The molecule has 2 nitrogen and oxygen atoms in total. The van der Waals surface area contributed by atoms with Crippen molar-refractivity contribution < 1.29 is 4.39 Å². The van der Waals surface area contributed by atoms with E-state index in [0.717, 1.165) is 33.7 Å². The molecule has 0 atom stereocenters. The van der Waals surface area contributed by atoms with Gasteiger partial charge in [0, 0.05) is 31.1 Å². The summed E-state index contributed by atoms with van der Waals surface area (Å²) >= 11 is 0. The molecule has 0 fully saturated rings. The van der Waals surface area contributed by atoms with Gasteiger partial charge in [-0.25, -0.2) is 4.39 Å². The van der Waals surface area contributed by atoms with Crippen molar-refractivity contribution in [3.63, 3.8) is 0 Å². The van der Waals surface area contributed by atoms with Crippen LogP contribution in [0.3, 0.4) is 0 Å². The number of hydrogen-bond acceptors (Lipinski definition) is 2. The van der Waals surface area contributed by atoms with Gasteiger partial charge in [-0.3, -0.25) is 4.99 Å². The van der Waals surface area contributed by atoms with Crippen molar-refractivity contribution in [3.05, 3.63) is 95.0 Å². The van der Waals surface area contributed by atoms with Crippen molar-refractivity contribution in [2.45, 2.75) is 41.5 Å². The maximum atomic E-state index is 14.7. The summed E-state index contributed by atoms with van der Waals surface area (Å²) in [4.78, 5) is 6.62. The van der Waals surface area contributed by atoms with E-state index in [4.69, 9.17) is 0 Å². The first-order chi connectivity index (χ1) is 14.2. The predicted octanol–water partition coefficient (Wildman–Crippen LogP) is 7.75. The van der Waals surface area contributed by atoms with Crippen LogP contribution >= 0.6 is 0 Å². The van der Waals surface area contributed by atoms with Gasteiger partial charge in [-0.15, -0.1) is 0 Å². The van der Waals surface area contributed by atoms with Crippen LogP contribution in [0, 0.1) is 0 Å². The van der Waals surface area contributed by atoms with Gasteiger partial charge in [-0.05, 0) is 70.9 Å². The lowest BCUT2D eigenvalue weighted by atomic mass is 10.0. The van der Waals surface area contributed by atoms with Gasteiger partial charge in [0.15, 0.2) is 0 Å². The highest BCUT2D eigenvalue weighted by atomic mass is 19.1. The van der Waals surface area contributed by atoms with Crippen molar-refractivity contribution in [2.24, 2.45) is 4.99 Å². The van der Waals surface area contributed by atoms with E-state index in [1.165, 1.54) is 6.08 Å². The van der Waals surface area contributed by atoms with E-state index >= 15 is 0 Å². The summed E-state index contributed by atoms with van der Waals surface area (Å²) in [5.41, 5.74) is 6.30. The largest absolute Gasteiger partial charge is 0.381 e. The van der Waals surface area contributed by atoms with Crippen LogP contribution in [-0.4, -0.2) is 24.7 Å². The van der Waals surface area contributed by atoms with E-state index in [1.807, 2.05) is 78.2 Å². The van der Waals surface area contributed by atoms with Crippen LogP contribution < -0.4 is 0 Å². The Morgan fingerprint density at radius 3 is 1.93 bits per heavy atom. The van der Waals surface area contributed by atoms with Crippen molar-refractivity contribution in [1.82, 2.24) is 4.90 Å². The first kappa shape index (κ1) is 25.1. The van der Waals surface area contributed by atoms with Crippen molar-refractivity contribution >= 4 is 17.0 Å². The molecule has 0 amide bonds. The Morgan fingerprint density at radius 2 is 1.43 bits per heavy atom. The molecule has 0 aliphatic rings. The fourth-order valence-electron chi connectivity index (χ4n) is 2.72. The van der Waals surface area contributed by atoms with Crippen molar-refractivity contribution in [2.75, 3.05) is 14.1 Å². The summed E-state index contributed by atoms with van der Waals surface area (Å²) in [7, 11) is 4.05. The number of halogens is 1. The highest BCUT2D eigenvalue weighted by Gasteiger charge is 2.08. The minimum Gasteiger partial charge on any atom is -0.381 e. The molecule has 30 heavy (non-hydrogen) atoms. The number of allylic oxidation sites excluding steroid dienone is 11. The summed E-state index contributed by atoms with van der Waals surface area (Å²) in [6.07, 6.45) is 13.4. The maximum absolute atomic E-state index is 14.7. The molecule has 0 aliphatic carbocycles. The van der Waals surface area contributed by atoms with Crippen molar-refractivity contribution in [1.29, 1.82) is 0 Å². The Balaban J connectivity index is 3.44. The van der Waals surface area contributed by atoms with Crippen LogP contribution in [0.1, 0.15) is 52.7 Å². The van der Waals surface area contributed by atoms with E-state index in [9.17, 15) is 4.39 Å². The van der Waals surface area contributed by atoms with E-state index in [2.05, 4.69) is 35.0 Å². The minimum atomic E-state index is -0.347. The number of rotatable bonds is 8. The summed E-state index contributed by atoms with van der Waals surface area (Å²) in [5, 5.41) is 0. The molecule has 0 aliphatic heterocycles. The number of nitrogens with zero attached hydrogens (tertiary/aromatic N) is 2. The number of aliphatic imine (C=N–C) groups is 1. The minimum absolute atomic E-state index is 0.342. The molecule has 0 radical (unpaired) electrons. The van der Waals surface area contributed by atoms with Gasteiger partial charge in [0.1, 0.15) is 11.5 Å². The smallest absolute Gasteiger partial charge is 0.149 e. The molecule has 0 heterocycles. The Morgan fingerprint density at radius 1 is 0.867 bits per heavy atom. The van der Waals surface area contributed by atoms with Crippen LogP contribution in [0.2, 0.25) is 0 Å². The molecule has 1 aromatic carbocycles. The van der Waals surface area contributed by atoms with Gasteiger partial charge in [0.25, 0.3) is 0 Å². The summed E-state index contributed by atoms with van der Waals surface area (Å²) in [6, 6.07) is 7.86. The topological polar surface area (TPSA) is 15.6 Å². The third-order valence-corrected chi connectivity index (χ3v) is 4.37. The molecule has 0 unspecified atom stereocenters. The van der Waals surface area contributed by atoms with E-state index in [1.54, 1.807) is 13.0 Å². The fourth-order valence-corrected chi connectivity index (χ4v) is 2.72. The van der Waals surface area contributed by atoms with Crippen LogP contribution in [0.15, 0.2) is 88.9 Å². The van der Waals surface area contributed by atoms with Gasteiger partial charge in [0.05, 0.1) is 0 Å². The van der Waals surface area contributed by atoms with Crippen molar-refractivity contribution in [3.8, 4) is 0 Å². The second kappa shape index (κ2) is 12.6. The lowest BCUT2D eigenvalue weighted by Gasteiger charge is -2.12. The molecular formula is C27H35FN2. The highest BCUT2D eigenvalue weighted by Crippen LogP contribution is 2.26. The zero-order valence-corrected chi connectivity index (χ0v) is 19.6. The molecule has 0 saturated carbocycles. The third-order valence-electron chi connectivity index (χ3n) is 4.37. The zero-order valence-electron chi connectivity index (χ0n) is 19.6. The molecule has 0 saturated heterocycles. The van der Waals surface area contributed by atoms with Crippen LogP contribution in [0.25, 0.3) is 11.3 Å². The van der Waals surface area contributed by atoms with Crippen LogP contribution in [-0.2, 0) is 0 Å². The molecule has 3 heteroatoms. The van der Waals surface area contributed by atoms with E-state index in [0.29, 0.717) is 5.70 Å². The van der Waals surface area contributed by atoms with Gasteiger partial charge in [-0.2, -0.15) is 0 Å².